The van der Waals surface area contributed by atoms with Crippen LogP contribution in [0.15, 0.2) is 45.7 Å². The second-order valence-electron chi connectivity index (χ2n) is 7.87. The molecule has 0 radical (unpaired) electrons. The van der Waals surface area contributed by atoms with Crippen LogP contribution in [0.2, 0.25) is 0 Å². The number of thioether (sulfide) groups is 1. The number of carbonyl (C=O) groups is 3. The zero-order valence-electron chi connectivity index (χ0n) is 17.4. The fourth-order valence-electron chi connectivity index (χ4n) is 4.05. The number of hydrogen-bond acceptors (Lipinski definition) is 6. The second kappa shape index (κ2) is 9.30. The van der Waals surface area contributed by atoms with Crippen molar-refractivity contribution in [2.24, 2.45) is 5.92 Å². The molecule has 1 aliphatic carbocycles. The molecule has 4 rings (SSSR count). The Kier molecular flexibility index (Phi) is 6.48. The minimum absolute atomic E-state index is 0.137. The maximum Gasteiger partial charge on any atom is 0.306 e. The van der Waals surface area contributed by atoms with Gasteiger partial charge in [0.05, 0.1) is 10.8 Å². The molecule has 0 spiro atoms. The normalized spacial score (nSPS) is 22.4. The Morgan fingerprint density at radius 3 is 2.66 bits per heavy atom. The molecule has 1 aliphatic heterocycles. The zero-order valence-corrected chi connectivity index (χ0v) is 19.0. The fraction of sp³-hybridized carbons (Fsp3) is 0.304. The van der Waals surface area contributed by atoms with Crippen LogP contribution in [0, 0.1) is 5.92 Å². The van der Waals surface area contributed by atoms with Crippen molar-refractivity contribution in [1.29, 1.82) is 0 Å². The number of carbonyl (C=O) groups excluding carboxylic acids is 2. The van der Waals surface area contributed by atoms with E-state index in [1.54, 1.807) is 29.2 Å². The molecule has 1 saturated carbocycles. The molecule has 1 aromatic heterocycles. The summed E-state index contributed by atoms with van der Waals surface area (Å²) in [6, 6.07) is 10.7. The van der Waals surface area contributed by atoms with Gasteiger partial charge in [0.25, 0.3) is 5.91 Å². The summed E-state index contributed by atoms with van der Waals surface area (Å²) in [4.78, 5) is 37.6. The van der Waals surface area contributed by atoms with Gasteiger partial charge in [0.1, 0.15) is 15.8 Å². The lowest BCUT2D eigenvalue weighted by molar-refractivity contribution is -0.144. The molecular weight excluding hydrogens is 448 g/mol. The van der Waals surface area contributed by atoms with E-state index in [0.29, 0.717) is 39.3 Å². The average Bonchev–Trinajstić information content (AvgIpc) is 3.32. The van der Waals surface area contributed by atoms with E-state index in [4.69, 9.17) is 16.6 Å². The van der Waals surface area contributed by atoms with Crippen LogP contribution >= 0.6 is 24.0 Å². The summed E-state index contributed by atoms with van der Waals surface area (Å²) < 4.78 is 6.35. The van der Waals surface area contributed by atoms with Crippen molar-refractivity contribution >= 4 is 57.8 Å². The van der Waals surface area contributed by atoms with Crippen molar-refractivity contribution < 1.29 is 23.9 Å². The maximum absolute atomic E-state index is 13.0. The molecule has 2 amide bonds. The van der Waals surface area contributed by atoms with Crippen LogP contribution < -0.4 is 5.32 Å². The molecule has 2 N–H and O–H groups in total. The topological polar surface area (TPSA) is 99.9 Å². The van der Waals surface area contributed by atoms with Gasteiger partial charge in [-0.3, -0.25) is 19.3 Å². The number of nitrogens with zero attached hydrogens (tertiary/aromatic N) is 1. The van der Waals surface area contributed by atoms with Gasteiger partial charge < -0.3 is 14.8 Å². The van der Waals surface area contributed by atoms with E-state index >= 15 is 0 Å². The molecule has 2 fully saturated rings. The minimum atomic E-state index is -0.816. The Hall–Kier alpha value is -2.91. The number of thiocarbonyl (C=S) groups is 1. The highest BCUT2D eigenvalue weighted by atomic mass is 32.2. The van der Waals surface area contributed by atoms with Gasteiger partial charge in [0.2, 0.25) is 5.91 Å². The molecule has 2 atom stereocenters. The zero-order chi connectivity index (χ0) is 22.8. The number of nitrogens with one attached hydrogen (secondary N) is 1. The Labute approximate surface area is 194 Å². The van der Waals surface area contributed by atoms with Gasteiger partial charge in [-0.05, 0) is 55.7 Å². The Morgan fingerprint density at radius 2 is 1.97 bits per heavy atom. The first-order valence-electron chi connectivity index (χ1n) is 10.3. The van der Waals surface area contributed by atoms with E-state index in [2.05, 4.69) is 5.32 Å². The standard InChI is InChI=1S/C23H22N2O5S2/c1-13(26)24-16-7-5-14(6-8-16)19-10-9-18(30-19)12-20-21(27)25(23(31)32-20)17-4-2-3-15(11-17)22(28)29/h5-10,12,15,17H,2-4,11H2,1H3,(H,24,26)(H,28,29). The third-order valence-corrected chi connectivity index (χ3v) is 6.90. The maximum atomic E-state index is 13.0. The third-order valence-electron chi connectivity index (χ3n) is 5.57. The van der Waals surface area contributed by atoms with E-state index in [-0.39, 0.29) is 17.9 Å². The van der Waals surface area contributed by atoms with E-state index in [0.717, 1.165) is 18.4 Å². The molecular formula is C23H22N2O5S2. The molecule has 2 unspecified atom stereocenters. The monoisotopic (exact) mass is 470 g/mol. The van der Waals surface area contributed by atoms with E-state index in [9.17, 15) is 19.5 Å². The largest absolute Gasteiger partial charge is 0.481 e. The number of aliphatic carboxylic acids is 1. The lowest BCUT2D eigenvalue weighted by Gasteiger charge is -2.32. The fourth-order valence-corrected chi connectivity index (χ4v) is 5.43. The molecule has 1 aromatic carbocycles. The first-order valence-corrected chi connectivity index (χ1v) is 11.5. The van der Waals surface area contributed by atoms with Gasteiger partial charge in [-0.15, -0.1) is 0 Å². The van der Waals surface area contributed by atoms with Crippen LogP contribution in [0.3, 0.4) is 0 Å². The van der Waals surface area contributed by atoms with Crippen molar-refractivity contribution in [3.05, 3.63) is 47.1 Å². The second-order valence-corrected chi connectivity index (χ2v) is 9.54. The molecule has 1 saturated heterocycles. The predicted octanol–water partition coefficient (Wildman–Crippen LogP) is 4.75. The van der Waals surface area contributed by atoms with Gasteiger partial charge >= 0.3 is 5.97 Å². The Balaban J connectivity index is 1.48. The van der Waals surface area contributed by atoms with Crippen LogP contribution in [-0.4, -0.2) is 38.2 Å². The highest BCUT2D eigenvalue weighted by Crippen LogP contribution is 2.39. The van der Waals surface area contributed by atoms with Crippen LogP contribution in [0.25, 0.3) is 17.4 Å². The molecule has 2 aliphatic rings. The molecule has 2 aromatic rings. The molecule has 0 bridgehead atoms. The predicted molar refractivity (Wildman–Crippen MR) is 127 cm³/mol. The van der Waals surface area contributed by atoms with Gasteiger partial charge in [0.15, 0.2) is 0 Å². The van der Waals surface area contributed by atoms with Crippen LogP contribution in [-0.2, 0) is 14.4 Å². The highest BCUT2D eigenvalue weighted by Gasteiger charge is 2.40. The Bertz CT molecular complexity index is 1110. The number of amides is 2. The summed E-state index contributed by atoms with van der Waals surface area (Å²) >= 11 is 6.65. The minimum Gasteiger partial charge on any atom is -0.481 e. The third kappa shape index (κ3) is 4.78. The SMILES string of the molecule is CC(=O)Nc1ccc(-c2ccc(C=C3SC(=S)N(C4CCCC(C(=O)O)C4)C3=O)o2)cc1. The number of furan rings is 1. The first-order chi connectivity index (χ1) is 15.3. The van der Waals surface area contributed by atoms with Crippen LogP contribution in [0.1, 0.15) is 38.4 Å². The molecule has 7 nitrogen and oxygen atoms in total. The first kappa shape index (κ1) is 22.3. The molecule has 32 heavy (non-hydrogen) atoms. The van der Waals surface area contributed by atoms with Gasteiger partial charge in [0, 0.05) is 30.3 Å². The highest BCUT2D eigenvalue weighted by molar-refractivity contribution is 8.26. The van der Waals surface area contributed by atoms with E-state index < -0.39 is 11.9 Å². The summed E-state index contributed by atoms with van der Waals surface area (Å²) in [5.41, 5.74) is 1.54. The van der Waals surface area contributed by atoms with Gasteiger partial charge in [-0.2, -0.15) is 0 Å². The van der Waals surface area contributed by atoms with Crippen LogP contribution in [0.5, 0.6) is 0 Å². The van der Waals surface area contributed by atoms with Crippen molar-refractivity contribution in [3.8, 4) is 11.3 Å². The lowest BCUT2D eigenvalue weighted by atomic mass is 9.85. The van der Waals surface area contributed by atoms with Crippen molar-refractivity contribution in [1.82, 2.24) is 4.90 Å². The van der Waals surface area contributed by atoms with Crippen molar-refractivity contribution in [3.63, 3.8) is 0 Å². The van der Waals surface area contributed by atoms with Gasteiger partial charge in [-0.25, -0.2) is 0 Å². The summed E-state index contributed by atoms with van der Waals surface area (Å²) in [5, 5.41) is 12.1. The lowest BCUT2D eigenvalue weighted by Crippen LogP contribution is -2.42. The smallest absolute Gasteiger partial charge is 0.306 e. The van der Waals surface area contributed by atoms with Gasteiger partial charge in [-0.1, -0.05) is 30.4 Å². The molecule has 2 heterocycles. The quantitative estimate of drug-likeness (QED) is 0.480. The molecule has 166 valence electrons. The van der Waals surface area contributed by atoms with E-state index in [1.807, 2.05) is 18.2 Å². The number of carboxylic acids is 1. The van der Waals surface area contributed by atoms with Crippen molar-refractivity contribution in [2.45, 2.75) is 38.6 Å². The summed E-state index contributed by atoms with van der Waals surface area (Å²) in [6.45, 7) is 1.45. The Morgan fingerprint density at radius 1 is 1.22 bits per heavy atom. The van der Waals surface area contributed by atoms with Crippen molar-refractivity contribution in [2.75, 3.05) is 5.32 Å². The number of carboxylic acid groups (broad SMARTS) is 1. The summed E-state index contributed by atoms with van der Waals surface area (Å²) in [5.74, 6) is -0.428. The average molecular weight is 471 g/mol. The number of anilines is 1. The summed E-state index contributed by atoms with van der Waals surface area (Å²) in [6.07, 6.45) is 4.25. The number of hydrogen-bond donors (Lipinski definition) is 2. The number of benzene rings is 1. The summed E-state index contributed by atoms with van der Waals surface area (Å²) in [7, 11) is 0. The number of rotatable bonds is 5. The van der Waals surface area contributed by atoms with E-state index in [1.165, 1.54) is 18.7 Å². The molecule has 9 heteroatoms. The van der Waals surface area contributed by atoms with Crippen LogP contribution in [0.4, 0.5) is 5.69 Å².